The average molecular weight is 673 g/mol. The first-order chi connectivity index (χ1) is 22.9. The maximum atomic E-state index is 12.4. The fourth-order valence-electron chi connectivity index (χ4n) is 4.26. The number of esters is 3. The van der Waals surface area contributed by atoms with Crippen molar-refractivity contribution in [3.8, 4) is 17.2 Å². The van der Waals surface area contributed by atoms with Crippen molar-refractivity contribution in [3.63, 3.8) is 0 Å². The van der Waals surface area contributed by atoms with Gasteiger partial charge >= 0.3 is 24.1 Å². The van der Waals surface area contributed by atoms with E-state index in [-0.39, 0.29) is 54.5 Å². The van der Waals surface area contributed by atoms with E-state index in [0.29, 0.717) is 36.5 Å². The number of hydrogen-bond acceptors (Lipinski definition) is 10. The summed E-state index contributed by atoms with van der Waals surface area (Å²) in [5.74, 6) is -0.659. The van der Waals surface area contributed by atoms with E-state index in [2.05, 4.69) is 0 Å². The van der Waals surface area contributed by atoms with Crippen LogP contribution in [0, 0.1) is 0 Å². The molecule has 3 rings (SSSR count). The van der Waals surface area contributed by atoms with Crippen LogP contribution in [0.15, 0.2) is 66.7 Å². The third-order valence-electron chi connectivity index (χ3n) is 6.65. The molecular formula is C35H39F3N2O8. The van der Waals surface area contributed by atoms with E-state index >= 15 is 0 Å². The molecule has 0 fully saturated rings. The molecule has 0 spiro atoms. The first kappa shape index (κ1) is 37.3. The van der Waals surface area contributed by atoms with Crippen LogP contribution in [0.4, 0.5) is 24.5 Å². The third-order valence-corrected chi connectivity index (χ3v) is 6.65. The Labute approximate surface area is 276 Å². The summed E-state index contributed by atoms with van der Waals surface area (Å²) in [5, 5.41) is 0. The number of hydrogen-bond donors (Lipinski definition) is 2. The zero-order valence-electron chi connectivity index (χ0n) is 26.6. The van der Waals surface area contributed by atoms with Crippen LogP contribution >= 0.6 is 0 Å². The quantitative estimate of drug-likeness (QED) is 0.0468. The van der Waals surface area contributed by atoms with Gasteiger partial charge in [-0.25, -0.2) is 14.4 Å². The van der Waals surface area contributed by atoms with Crippen LogP contribution in [0.5, 0.6) is 17.2 Å². The molecule has 0 amide bonds. The number of rotatable bonds is 18. The molecule has 0 saturated heterocycles. The molecule has 13 heteroatoms. The molecule has 48 heavy (non-hydrogen) atoms. The van der Waals surface area contributed by atoms with Crippen molar-refractivity contribution in [3.05, 3.63) is 83.4 Å². The number of unbranched alkanes of at least 4 members (excludes halogenated alkanes) is 3. The molecule has 0 saturated carbocycles. The third kappa shape index (κ3) is 13.3. The van der Waals surface area contributed by atoms with E-state index in [1.807, 2.05) is 0 Å². The standard InChI is InChI=1S/C35H39F3N2O8/c1-2-44-32-29(39)22-26(23-30(32)40)33(42)47-20-6-4-3-5-19-46-31(41)17-10-24-8-13-28(14-9-24)48-34(43)25-11-15-27(16-12-25)45-21-7-18-35(36,37)38/h8-17,22-23H,2-7,18-21,39-40H2,1H3. The molecule has 258 valence electrons. The van der Waals surface area contributed by atoms with Gasteiger partial charge in [0, 0.05) is 12.5 Å². The summed E-state index contributed by atoms with van der Waals surface area (Å²) in [6.07, 6.45) is 0.404. The Morgan fingerprint density at radius 2 is 1.31 bits per heavy atom. The topological polar surface area (TPSA) is 149 Å². The SMILES string of the molecule is CCOc1c(N)cc(C(=O)OCCCCCCOC(=O)C=Cc2ccc(OC(=O)c3ccc(OCCCC(F)(F)F)cc3)cc2)cc1N. The van der Waals surface area contributed by atoms with Crippen molar-refractivity contribution in [2.75, 3.05) is 37.9 Å². The fraction of sp³-hybridized carbons (Fsp3) is 0.343. The number of nitrogens with two attached hydrogens (primary N) is 2. The van der Waals surface area contributed by atoms with Crippen LogP contribution in [0.2, 0.25) is 0 Å². The minimum atomic E-state index is -4.23. The van der Waals surface area contributed by atoms with Crippen molar-refractivity contribution < 1.29 is 51.2 Å². The lowest BCUT2D eigenvalue weighted by molar-refractivity contribution is -0.138. The number of alkyl halides is 3. The molecular weight excluding hydrogens is 633 g/mol. The molecule has 0 heterocycles. The van der Waals surface area contributed by atoms with Gasteiger partial charge in [0.25, 0.3) is 0 Å². The van der Waals surface area contributed by atoms with E-state index in [0.717, 1.165) is 12.8 Å². The van der Waals surface area contributed by atoms with Crippen LogP contribution in [0.3, 0.4) is 0 Å². The van der Waals surface area contributed by atoms with Gasteiger partial charge in [-0.15, -0.1) is 0 Å². The number of halogens is 3. The van der Waals surface area contributed by atoms with Crippen LogP contribution in [-0.4, -0.2) is 50.5 Å². The molecule has 0 aliphatic rings. The maximum absolute atomic E-state index is 12.4. The Hall–Kier alpha value is -5.20. The molecule has 0 aliphatic heterocycles. The number of benzene rings is 3. The summed E-state index contributed by atoms with van der Waals surface area (Å²) in [4.78, 5) is 36.8. The van der Waals surface area contributed by atoms with Crippen molar-refractivity contribution >= 4 is 35.4 Å². The maximum Gasteiger partial charge on any atom is 0.389 e. The fourth-order valence-corrected chi connectivity index (χ4v) is 4.26. The summed E-state index contributed by atoms with van der Waals surface area (Å²) in [7, 11) is 0. The van der Waals surface area contributed by atoms with Gasteiger partial charge in [-0.3, -0.25) is 0 Å². The molecule has 0 radical (unpaired) electrons. The van der Waals surface area contributed by atoms with Gasteiger partial charge in [-0.1, -0.05) is 12.1 Å². The lowest BCUT2D eigenvalue weighted by atomic mass is 10.1. The van der Waals surface area contributed by atoms with E-state index in [1.54, 1.807) is 37.3 Å². The highest BCUT2D eigenvalue weighted by Crippen LogP contribution is 2.31. The molecule has 0 atom stereocenters. The summed E-state index contributed by atoms with van der Waals surface area (Å²) >= 11 is 0. The highest BCUT2D eigenvalue weighted by Gasteiger charge is 2.26. The van der Waals surface area contributed by atoms with E-state index < -0.39 is 30.5 Å². The Balaban J connectivity index is 1.28. The number of anilines is 2. The summed E-state index contributed by atoms with van der Waals surface area (Å²) in [6, 6.07) is 15.3. The first-order valence-electron chi connectivity index (χ1n) is 15.4. The smallest absolute Gasteiger partial charge is 0.389 e. The highest BCUT2D eigenvalue weighted by atomic mass is 19.4. The van der Waals surface area contributed by atoms with Crippen molar-refractivity contribution in [1.82, 2.24) is 0 Å². The van der Waals surface area contributed by atoms with Crippen molar-refractivity contribution in [2.45, 2.75) is 51.6 Å². The molecule has 4 N–H and O–H groups in total. The lowest BCUT2D eigenvalue weighted by Crippen LogP contribution is -2.10. The second-order valence-electron chi connectivity index (χ2n) is 10.5. The van der Waals surface area contributed by atoms with Crippen LogP contribution in [0.1, 0.15) is 71.7 Å². The van der Waals surface area contributed by atoms with Crippen LogP contribution in [-0.2, 0) is 14.3 Å². The number of ether oxygens (including phenoxy) is 5. The minimum Gasteiger partial charge on any atom is -0.494 e. The Morgan fingerprint density at radius 1 is 0.708 bits per heavy atom. The predicted molar refractivity (Wildman–Crippen MR) is 174 cm³/mol. The van der Waals surface area contributed by atoms with Gasteiger partial charge in [0.1, 0.15) is 11.5 Å². The Kier molecular flexibility index (Phi) is 14.6. The summed E-state index contributed by atoms with van der Waals surface area (Å²) in [6.45, 7) is 2.59. The molecule has 0 aromatic heterocycles. The Bertz CT molecular complexity index is 1500. The van der Waals surface area contributed by atoms with E-state index in [4.69, 9.17) is 35.2 Å². The summed E-state index contributed by atoms with van der Waals surface area (Å²) < 4.78 is 63.2. The van der Waals surface area contributed by atoms with Gasteiger partial charge in [0.15, 0.2) is 5.75 Å². The average Bonchev–Trinajstić information content (AvgIpc) is 3.05. The van der Waals surface area contributed by atoms with Gasteiger partial charge in [0.2, 0.25) is 0 Å². The first-order valence-corrected chi connectivity index (χ1v) is 15.4. The number of carbonyl (C=O) groups is 3. The predicted octanol–water partition coefficient (Wildman–Crippen LogP) is 7.16. The molecule has 3 aromatic carbocycles. The summed E-state index contributed by atoms with van der Waals surface area (Å²) in [5.41, 5.74) is 13.5. The van der Waals surface area contributed by atoms with Gasteiger partial charge in [0.05, 0.1) is 48.9 Å². The monoisotopic (exact) mass is 672 g/mol. The second-order valence-corrected chi connectivity index (χ2v) is 10.5. The highest BCUT2D eigenvalue weighted by molar-refractivity contribution is 5.93. The molecule has 10 nitrogen and oxygen atoms in total. The molecule has 0 aliphatic carbocycles. The molecule has 0 bridgehead atoms. The zero-order chi connectivity index (χ0) is 34.9. The minimum absolute atomic E-state index is 0.0922. The number of carbonyl (C=O) groups excluding carboxylic acids is 3. The van der Waals surface area contributed by atoms with Crippen LogP contribution in [0.25, 0.3) is 6.08 Å². The second kappa shape index (κ2) is 18.8. The van der Waals surface area contributed by atoms with Crippen LogP contribution < -0.4 is 25.7 Å². The number of nitrogen functional groups attached to an aromatic ring is 2. The normalized spacial score (nSPS) is 11.2. The lowest BCUT2D eigenvalue weighted by Gasteiger charge is -2.12. The van der Waals surface area contributed by atoms with Crippen molar-refractivity contribution in [1.29, 1.82) is 0 Å². The van der Waals surface area contributed by atoms with Gasteiger partial charge < -0.3 is 35.2 Å². The van der Waals surface area contributed by atoms with Gasteiger partial charge in [-0.05, 0) is 99.2 Å². The Morgan fingerprint density at radius 3 is 1.92 bits per heavy atom. The molecule has 0 unspecified atom stereocenters. The molecule has 3 aromatic rings. The van der Waals surface area contributed by atoms with E-state index in [1.165, 1.54) is 42.5 Å². The largest absolute Gasteiger partial charge is 0.494 e. The van der Waals surface area contributed by atoms with Gasteiger partial charge in [-0.2, -0.15) is 13.2 Å². The van der Waals surface area contributed by atoms with E-state index in [9.17, 15) is 27.6 Å². The van der Waals surface area contributed by atoms with Crippen molar-refractivity contribution in [2.24, 2.45) is 0 Å². The zero-order valence-corrected chi connectivity index (χ0v) is 26.6.